The first-order valence-corrected chi connectivity index (χ1v) is 4.97. The van der Waals surface area contributed by atoms with Crippen molar-refractivity contribution in [3.05, 3.63) is 36.4 Å². The topological polar surface area (TPSA) is 107 Å². The summed E-state index contributed by atoms with van der Waals surface area (Å²) in [6.07, 6.45) is 5.08. The number of hydrogen-bond donors (Lipinski definition) is 2. The Balaban J connectivity index is 2.14. The van der Waals surface area contributed by atoms with Gasteiger partial charge in [-0.1, -0.05) is 5.21 Å². The van der Waals surface area contributed by atoms with Crippen LogP contribution < -0.4 is 5.73 Å². The van der Waals surface area contributed by atoms with Gasteiger partial charge in [-0.2, -0.15) is 0 Å². The van der Waals surface area contributed by atoms with Gasteiger partial charge < -0.3 is 10.8 Å². The molecule has 7 heteroatoms. The summed E-state index contributed by atoms with van der Waals surface area (Å²) in [5.74, 6) is -1.05. The molecule has 1 atom stereocenters. The van der Waals surface area contributed by atoms with Gasteiger partial charge in [-0.15, -0.1) is 5.10 Å². The first-order chi connectivity index (χ1) is 8.16. The number of carboxylic acids is 1. The summed E-state index contributed by atoms with van der Waals surface area (Å²) in [6, 6.07) is 2.64. The van der Waals surface area contributed by atoms with Crippen molar-refractivity contribution < 1.29 is 9.90 Å². The highest BCUT2D eigenvalue weighted by Crippen LogP contribution is 2.05. The number of carboxylic acid groups (broad SMARTS) is 1. The molecular weight excluding hydrogens is 222 g/mol. The molecule has 0 fully saturated rings. The number of nitrogens with two attached hydrogens (primary N) is 1. The quantitative estimate of drug-likeness (QED) is 0.745. The van der Waals surface area contributed by atoms with Crippen LogP contribution in [0, 0.1) is 0 Å². The summed E-state index contributed by atoms with van der Waals surface area (Å²) < 4.78 is 1.52. The number of nitrogens with zero attached hydrogens (tertiary/aromatic N) is 4. The van der Waals surface area contributed by atoms with Crippen LogP contribution in [0.3, 0.4) is 0 Å². The van der Waals surface area contributed by atoms with Gasteiger partial charge in [0.2, 0.25) is 0 Å². The Hall–Kier alpha value is -2.28. The standard InChI is InChI=1S/C10H11N5O2/c11-9(10(16)17)4-7-6-15(14-13-7)8-2-1-3-12-5-8/h1-3,5-6,9H,4,11H2,(H,16,17). The van der Waals surface area contributed by atoms with Crippen molar-refractivity contribution in [1.29, 1.82) is 0 Å². The minimum Gasteiger partial charge on any atom is -0.480 e. The van der Waals surface area contributed by atoms with Crippen molar-refractivity contribution in [1.82, 2.24) is 20.0 Å². The Morgan fingerprint density at radius 2 is 2.41 bits per heavy atom. The smallest absolute Gasteiger partial charge is 0.320 e. The lowest BCUT2D eigenvalue weighted by molar-refractivity contribution is -0.138. The summed E-state index contributed by atoms with van der Waals surface area (Å²) in [5, 5.41) is 16.4. The summed E-state index contributed by atoms with van der Waals surface area (Å²) in [7, 11) is 0. The Morgan fingerprint density at radius 1 is 1.59 bits per heavy atom. The third-order valence-corrected chi connectivity index (χ3v) is 2.20. The van der Waals surface area contributed by atoms with Gasteiger partial charge in [0.05, 0.1) is 23.8 Å². The van der Waals surface area contributed by atoms with Gasteiger partial charge in [0.15, 0.2) is 0 Å². The molecule has 0 amide bonds. The van der Waals surface area contributed by atoms with Crippen LogP contribution in [0.1, 0.15) is 5.69 Å². The Bertz CT molecular complexity index is 510. The molecule has 0 aliphatic heterocycles. The fourth-order valence-electron chi connectivity index (χ4n) is 1.32. The predicted molar refractivity (Wildman–Crippen MR) is 58.5 cm³/mol. The monoisotopic (exact) mass is 233 g/mol. The molecule has 2 heterocycles. The molecule has 17 heavy (non-hydrogen) atoms. The van der Waals surface area contributed by atoms with E-state index in [-0.39, 0.29) is 6.42 Å². The molecule has 2 aromatic rings. The second kappa shape index (κ2) is 4.71. The van der Waals surface area contributed by atoms with Gasteiger partial charge in [0.25, 0.3) is 0 Å². The average molecular weight is 233 g/mol. The van der Waals surface area contributed by atoms with E-state index in [1.54, 1.807) is 24.7 Å². The van der Waals surface area contributed by atoms with E-state index < -0.39 is 12.0 Å². The molecule has 0 radical (unpaired) electrons. The van der Waals surface area contributed by atoms with Crippen molar-refractivity contribution in [3.8, 4) is 5.69 Å². The molecule has 0 saturated carbocycles. The number of aliphatic carboxylic acids is 1. The van der Waals surface area contributed by atoms with E-state index in [1.165, 1.54) is 4.68 Å². The maximum absolute atomic E-state index is 10.6. The Kier molecular flexibility index (Phi) is 3.10. The van der Waals surface area contributed by atoms with Gasteiger partial charge in [-0.25, -0.2) is 4.68 Å². The van der Waals surface area contributed by atoms with Crippen LogP contribution in [0.25, 0.3) is 5.69 Å². The van der Waals surface area contributed by atoms with Crippen molar-refractivity contribution in [3.63, 3.8) is 0 Å². The third-order valence-electron chi connectivity index (χ3n) is 2.20. The van der Waals surface area contributed by atoms with E-state index in [2.05, 4.69) is 15.3 Å². The predicted octanol–water partition coefficient (Wildman–Crippen LogP) is -0.383. The lowest BCUT2D eigenvalue weighted by Gasteiger charge is -2.01. The number of aromatic nitrogens is 4. The van der Waals surface area contributed by atoms with Gasteiger partial charge >= 0.3 is 5.97 Å². The summed E-state index contributed by atoms with van der Waals surface area (Å²) in [6.45, 7) is 0. The van der Waals surface area contributed by atoms with E-state index in [1.807, 2.05) is 6.07 Å². The maximum atomic E-state index is 10.6. The zero-order chi connectivity index (χ0) is 12.3. The van der Waals surface area contributed by atoms with Crippen LogP contribution in [0.4, 0.5) is 0 Å². The zero-order valence-corrected chi connectivity index (χ0v) is 8.89. The molecule has 1 unspecified atom stereocenters. The van der Waals surface area contributed by atoms with Crippen molar-refractivity contribution in [2.24, 2.45) is 5.73 Å². The van der Waals surface area contributed by atoms with E-state index >= 15 is 0 Å². The highest BCUT2D eigenvalue weighted by molar-refractivity contribution is 5.73. The molecule has 3 N–H and O–H groups in total. The number of pyridine rings is 1. The van der Waals surface area contributed by atoms with Crippen molar-refractivity contribution in [2.45, 2.75) is 12.5 Å². The summed E-state index contributed by atoms with van der Waals surface area (Å²) in [4.78, 5) is 14.5. The van der Waals surface area contributed by atoms with E-state index in [4.69, 9.17) is 10.8 Å². The lowest BCUT2D eigenvalue weighted by Crippen LogP contribution is -2.32. The maximum Gasteiger partial charge on any atom is 0.320 e. The molecule has 88 valence electrons. The van der Waals surface area contributed by atoms with E-state index in [0.29, 0.717) is 5.69 Å². The molecule has 0 spiro atoms. The molecule has 7 nitrogen and oxygen atoms in total. The number of rotatable bonds is 4. The fraction of sp³-hybridized carbons (Fsp3) is 0.200. The minimum atomic E-state index is -1.05. The molecule has 0 saturated heterocycles. The second-order valence-electron chi connectivity index (χ2n) is 3.51. The highest BCUT2D eigenvalue weighted by Gasteiger charge is 2.14. The second-order valence-corrected chi connectivity index (χ2v) is 3.51. The molecule has 0 aliphatic rings. The molecule has 0 bridgehead atoms. The molecule has 0 aromatic carbocycles. The van der Waals surface area contributed by atoms with Crippen LogP contribution in [0.2, 0.25) is 0 Å². The van der Waals surface area contributed by atoms with E-state index in [0.717, 1.165) is 5.69 Å². The first-order valence-electron chi connectivity index (χ1n) is 4.97. The van der Waals surface area contributed by atoms with Gasteiger partial charge in [-0.05, 0) is 12.1 Å². The minimum absolute atomic E-state index is 0.148. The Labute approximate surface area is 96.9 Å². The summed E-state index contributed by atoms with van der Waals surface area (Å²) >= 11 is 0. The lowest BCUT2D eigenvalue weighted by atomic mass is 10.2. The SMILES string of the molecule is NC(Cc1cn(-c2cccnc2)nn1)C(=O)O. The molecule has 2 aromatic heterocycles. The Morgan fingerprint density at radius 3 is 3.06 bits per heavy atom. The van der Waals surface area contributed by atoms with Crippen molar-refractivity contribution in [2.75, 3.05) is 0 Å². The summed E-state index contributed by atoms with van der Waals surface area (Å²) in [5.41, 5.74) is 6.70. The zero-order valence-electron chi connectivity index (χ0n) is 8.89. The van der Waals surface area contributed by atoms with Gasteiger partial charge in [0.1, 0.15) is 6.04 Å². The average Bonchev–Trinajstić information content (AvgIpc) is 2.78. The van der Waals surface area contributed by atoms with E-state index in [9.17, 15) is 4.79 Å². The van der Waals surface area contributed by atoms with Gasteiger partial charge in [0, 0.05) is 12.6 Å². The fourth-order valence-corrected chi connectivity index (χ4v) is 1.32. The van der Waals surface area contributed by atoms with Crippen LogP contribution in [-0.4, -0.2) is 37.1 Å². The largest absolute Gasteiger partial charge is 0.480 e. The highest BCUT2D eigenvalue weighted by atomic mass is 16.4. The van der Waals surface area contributed by atoms with Crippen LogP contribution in [0.5, 0.6) is 0 Å². The van der Waals surface area contributed by atoms with Crippen LogP contribution in [0.15, 0.2) is 30.7 Å². The van der Waals surface area contributed by atoms with Crippen LogP contribution >= 0.6 is 0 Å². The molecule has 2 rings (SSSR count). The normalized spacial score (nSPS) is 12.3. The van der Waals surface area contributed by atoms with Gasteiger partial charge in [-0.3, -0.25) is 9.78 Å². The first kappa shape index (κ1) is 11.2. The van der Waals surface area contributed by atoms with Crippen LogP contribution in [-0.2, 0) is 11.2 Å². The molecule has 0 aliphatic carbocycles. The third kappa shape index (κ3) is 2.64. The molecular formula is C10H11N5O2. The number of carbonyl (C=O) groups is 1. The number of hydrogen-bond acceptors (Lipinski definition) is 5. The van der Waals surface area contributed by atoms with Crippen molar-refractivity contribution >= 4 is 5.97 Å².